The van der Waals surface area contributed by atoms with Gasteiger partial charge >= 0.3 is 5.91 Å². The molecule has 1 unspecified atom stereocenters. The van der Waals surface area contributed by atoms with Crippen LogP contribution in [-0.2, 0) is 19.4 Å². The van der Waals surface area contributed by atoms with E-state index in [0.29, 0.717) is 16.9 Å². The number of aromatic nitrogens is 2. The summed E-state index contributed by atoms with van der Waals surface area (Å²) in [5, 5.41) is 22.1. The fourth-order valence-electron chi connectivity index (χ4n) is 4.42. The van der Waals surface area contributed by atoms with E-state index in [1.54, 1.807) is 24.3 Å². The van der Waals surface area contributed by atoms with Crippen molar-refractivity contribution >= 4 is 49.4 Å². The lowest BCUT2D eigenvalue weighted by atomic mass is 9.93. The molecule has 11 nitrogen and oxygen atoms in total. The highest BCUT2D eigenvalue weighted by Crippen LogP contribution is 2.44. The topological polar surface area (TPSA) is 161 Å². The Morgan fingerprint density at radius 1 is 1.05 bits per heavy atom. The summed E-state index contributed by atoms with van der Waals surface area (Å²) in [5.41, 5.74) is 1.30. The second-order valence-corrected chi connectivity index (χ2v) is 12.6. The molecule has 5 rings (SSSR count). The van der Waals surface area contributed by atoms with Gasteiger partial charge < -0.3 is 5.11 Å². The number of nitro benzene ring substituents is 1. The zero-order chi connectivity index (χ0) is 29.5. The lowest BCUT2D eigenvalue weighted by Crippen LogP contribution is -2.29. The van der Waals surface area contributed by atoms with Crippen molar-refractivity contribution in [1.29, 1.82) is 0 Å². The van der Waals surface area contributed by atoms with E-state index < -0.39 is 38.3 Å². The van der Waals surface area contributed by atoms with Crippen LogP contribution in [0.3, 0.4) is 0 Å². The van der Waals surface area contributed by atoms with Crippen molar-refractivity contribution in [3.63, 3.8) is 0 Å². The number of amides is 1. The number of carbonyl (C=O) groups excluding carboxylic acids is 2. The standard InChI is InChI=1S/C28H22N4O7S2/c1-16(2)17-5-7-18(8-6-17)24-23(25(33)19-4-3-13-29-14-19)26(34)27(35)31(24)28-30-15-22(40-28)41(38,39)21-11-9-20(10-12-21)32(36)37/h3-16,24,33H,1-2H3. The largest absolute Gasteiger partial charge is 0.507 e. The van der Waals surface area contributed by atoms with E-state index in [9.17, 15) is 33.2 Å². The van der Waals surface area contributed by atoms with E-state index in [-0.39, 0.29) is 37.0 Å². The smallest absolute Gasteiger partial charge is 0.301 e. The number of nitro groups is 1. The highest BCUT2D eigenvalue weighted by molar-refractivity contribution is 7.93. The van der Waals surface area contributed by atoms with E-state index in [1.807, 2.05) is 26.0 Å². The van der Waals surface area contributed by atoms with E-state index in [1.165, 1.54) is 12.4 Å². The number of benzene rings is 2. The first-order valence-electron chi connectivity index (χ1n) is 12.3. The molecule has 4 aromatic rings. The number of Topliss-reactive ketones (excluding diaryl/α,β-unsaturated/α-hetero) is 1. The van der Waals surface area contributed by atoms with Gasteiger partial charge in [0.25, 0.3) is 11.5 Å². The number of ketones is 1. The van der Waals surface area contributed by atoms with E-state index >= 15 is 0 Å². The van der Waals surface area contributed by atoms with Gasteiger partial charge in [-0.1, -0.05) is 49.4 Å². The molecule has 1 saturated heterocycles. The molecule has 1 N–H and O–H groups in total. The number of carbonyl (C=O) groups is 2. The van der Waals surface area contributed by atoms with Crippen LogP contribution in [0.1, 0.15) is 42.5 Å². The lowest BCUT2D eigenvalue weighted by molar-refractivity contribution is -0.384. The second-order valence-electron chi connectivity index (χ2n) is 9.45. The van der Waals surface area contributed by atoms with E-state index in [4.69, 9.17) is 0 Å². The quantitative estimate of drug-likeness (QED) is 0.102. The molecule has 0 radical (unpaired) electrons. The van der Waals surface area contributed by atoms with Crippen LogP contribution in [0.4, 0.5) is 10.8 Å². The number of pyridine rings is 1. The molecular weight excluding hydrogens is 568 g/mol. The van der Waals surface area contributed by atoms with Gasteiger partial charge in [0.05, 0.1) is 27.6 Å². The summed E-state index contributed by atoms with van der Waals surface area (Å²) in [7, 11) is -4.15. The van der Waals surface area contributed by atoms with Crippen molar-refractivity contribution < 1.29 is 28.0 Å². The zero-order valence-corrected chi connectivity index (χ0v) is 23.3. The summed E-state index contributed by atoms with van der Waals surface area (Å²) >= 11 is 0.668. The maximum Gasteiger partial charge on any atom is 0.301 e. The predicted octanol–water partition coefficient (Wildman–Crippen LogP) is 5.03. The Morgan fingerprint density at radius 2 is 1.73 bits per heavy atom. The molecule has 41 heavy (non-hydrogen) atoms. The second kappa shape index (κ2) is 10.7. The van der Waals surface area contributed by atoms with Gasteiger partial charge in [-0.2, -0.15) is 0 Å². The van der Waals surface area contributed by atoms with Crippen molar-refractivity contribution in [3.05, 3.63) is 112 Å². The van der Waals surface area contributed by atoms with Gasteiger partial charge in [-0.3, -0.25) is 29.6 Å². The minimum atomic E-state index is -4.15. The monoisotopic (exact) mass is 590 g/mol. The summed E-state index contributed by atoms with van der Waals surface area (Å²) in [4.78, 5) is 46.1. The molecule has 1 fully saturated rings. The Morgan fingerprint density at radius 3 is 2.32 bits per heavy atom. The molecule has 13 heteroatoms. The van der Waals surface area contributed by atoms with Crippen LogP contribution in [0.5, 0.6) is 0 Å². The van der Waals surface area contributed by atoms with Crippen LogP contribution < -0.4 is 4.90 Å². The van der Waals surface area contributed by atoms with Crippen LogP contribution >= 0.6 is 11.3 Å². The minimum absolute atomic E-state index is 0.0734. The number of rotatable bonds is 7. The SMILES string of the molecule is CC(C)c1ccc(C2C(=C(O)c3cccnc3)C(=O)C(=O)N2c2ncc(S(=O)(=O)c3ccc([N+](=O)[O-])cc3)s2)cc1. The molecule has 1 aliphatic heterocycles. The number of non-ortho nitro benzene ring substituents is 1. The fourth-order valence-corrected chi connectivity index (χ4v) is 6.96. The van der Waals surface area contributed by atoms with Crippen LogP contribution in [0.2, 0.25) is 0 Å². The molecule has 0 saturated carbocycles. The van der Waals surface area contributed by atoms with Gasteiger partial charge in [-0.25, -0.2) is 13.4 Å². The number of hydrogen-bond donors (Lipinski definition) is 1. The van der Waals surface area contributed by atoms with Gasteiger partial charge in [-0.15, -0.1) is 0 Å². The molecule has 0 bridgehead atoms. The minimum Gasteiger partial charge on any atom is -0.507 e. The number of hydrogen-bond acceptors (Lipinski definition) is 10. The summed E-state index contributed by atoms with van der Waals surface area (Å²) < 4.78 is 26.3. The number of nitrogens with zero attached hydrogens (tertiary/aromatic N) is 4. The normalized spacial score (nSPS) is 16.9. The molecule has 1 aliphatic rings. The fraction of sp³-hybridized carbons (Fsp3) is 0.143. The number of anilines is 1. The highest BCUT2D eigenvalue weighted by atomic mass is 32.2. The molecule has 208 valence electrons. The maximum absolute atomic E-state index is 13.4. The molecule has 2 aromatic heterocycles. The predicted molar refractivity (Wildman–Crippen MR) is 150 cm³/mol. The highest BCUT2D eigenvalue weighted by Gasteiger charge is 2.48. The van der Waals surface area contributed by atoms with Crippen LogP contribution in [-0.4, -0.2) is 40.1 Å². The molecule has 0 aliphatic carbocycles. The first-order chi connectivity index (χ1) is 19.5. The summed E-state index contributed by atoms with van der Waals surface area (Å²) in [6.45, 7) is 4.04. The Kier molecular flexibility index (Phi) is 7.24. The van der Waals surface area contributed by atoms with Crippen LogP contribution in [0.25, 0.3) is 5.76 Å². The van der Waals surface area contributed by atoms with Crippen LogP contribution in [0.15, 0.2) is 93.9 Å². The van der Waals surface area contributed by atoms with E-state index in [2.05, 4.69) is 9.97 Å². The van der Waals surface area contributed by atoms with Crippen molar-refractivity contribution in [2.24, 2.45) is 0 Å². The number of aliphatic hydroxyl groups excluding tert-OH is 1. The van der Waals surface area contributed by atoms with E-state index in [0.717, 1.165) is 40.9 Å². The van der Waals surface area contributed by atoms with Crippen molar-refractivity contribution in [2.75, 3.05) is 4.90 Å². The van der Waals surface area contributed by atoms with Crippen LogP contribution in [0, 0.1) is 10.1 Å². The van der Waals surface area contributed by atoms with Crippen molar-refractivity contribution in [2.45, 2.75) is 34.9 Å². The first kappa shape index (κ1) is 27.8. The lowest BCUT2D eigenvalue weighted by Gasteiger charge is -2.23. The number of aliphatic hydroxyl groups is 1. The van der Waals surface area contributed by atoms with Gasteiger partial charge in [0, 0.05) is 30.1 Å². The molecule has 2 aromatic carbocycles. The van der Waals surface area contributed by atoms with Crippen molar-refractivity contribution in [3.8, 4) is 0 Å². The molecule has 1 amide bonds. The summed E-state index contributed by atoms with van der Waals surface area (Å²) in [6, 6.07) is 13.6. The van der Waals surface area contributed by atoms with Gasteiger partial charge in [0.1, 0.15) is 9.97 Å². The third kappa shape index (κ3) is 5.00. The van der Waals surface area contributed by atoms with Gasteiger partial charge in [0.2, 0.25) is 9.84 Å². The average molecular weight is 591 g/mol. The Hall–Kier alpha value is -4.75. The first-order valence-corrected chi connectivity index (χ1v) is 14.6. The third-order valence-electron chi connectivity index (χ3n) is 6.60. The zero-order valence-electron chi connectivity index (χ0n) is 21.7. The Labute approximate surface area is 238 Å². The Balaban J connectivity index is 1.62. The maximum atomic E-state index is 13.4. The van der Waals surface area contributed by atoms with Gasteiger partial charge in [-0.05, 0) is 41.3 Å². The van der Waals surface area contributed by atoms with Gasteiger partial charge in [0.15, 0.2) is 5.13 Å². The molecule has 1 atom stereocenters. The average Bonchev–Trinajstić information content (AvgIpc) is 3.56. The molecular formula is C28H22N4O7S2. The molecule has 0 spiro atoms. The third-order valence-corrected chi connectivity index (χ3v) is 9.83. The Bertz CT molecular complexity index is 1800. The summed E-state index contributed by atoms with van der Waals surface area (Å²) in [6.07, 6.45) is 3.93. The number of sulfone groups is 1. The molecule has 3 heterocycles. The summed E-state index contributed by atoms with van der Waals surface area (Å²) in [5.74, 6) is -2.15. The number of thiazole rings is 1. The van der Waals surface area contributed by atoms with Crippen molar-refractivity contribution in [1.82, 2.24) is 9.97 Å².